The minimum absolute atomic E-state index is 0.267. The van der Waals surface area contributed by atoms with E-state index < -0.39 is 0 Å². The van der Waals surface area contributed by atoms with E-state index in [1.54, 1.807) is 4.90 Å². The maximum absolute atomic E-state index is 11.2. The fourth-order valence-electron chi connectivity index (χ4n) is 1.50. The molecule has 1 unspecified atom stereocenters. The molecule has 1 fully saturated rings. The molecule has 1 atom stereocenters. The molecule has 1 saturated heterocycles. The zero-order valence-electron chi connectivity index (χ0n) is 7.45. The Morgan fingerprint density at radius 2 is 2.50 bits per heavy atom. The van der Waals surface area contributed by atoms with Gasteiger partial charge in [-0.2, -0.15) is 0 Å². The predicted octanol–water partition coefficient (Wildman–Crippen LogP) is 2.00. The van der Waals surface area contributed by atoms with Crippen LogP contribution in [0.2, 0.25) is 0 Å². The van der Waals surface area contributed by atoms with Crippen molar-refractivity contribution in [2.75, 3.05) is 13.1 Å². The summed E-state index contributed by atoms with van der Waals surface area (Å²) in [4.78, 5) is 12.9. The average Bonchev–Trinajstić information content (AvgIpc) is 2.05. The van der Waals surface area contributed by atoms with Crippen molar-refractivity contribution < 1.29 is 9.53 Å². The van der Waals surface area contributed by atoms with Gasteiger partial charge in [0, 0.05) is 13.1 Å². The molecule has 0 aliphatic carbocycles. The molecule has 3 heteroatoms. The molecule has 1 rings (SSSR count). The van der Waals surface area contributed by atoms with E-state index in [4.69, 9.17) is 0 Å². The summed E-state index contributed by atoms with van der Waals surface area (Å²) in [7, 11) is 0. The third-order valence-electron chi connectivity index (χ3n) is 2.10. The predicted molar refractivity (Wildman–Crippen MR) is 46.6 cm³/mol. The molecule has 0 spiro atoms. The average molecular weight is 169 g/mol. The molecule has 0 aromatic carbocycles. The SMILES string of the molecule is C=COC(=O)N1CCCC(C)C1. The summed E-state index contributed by atoms with van der Waals surface area (Å²) in [5, 5.41) is 0. The monoisotopic (exact) mass is 169 g/mol. The third kappa shape index (κ3) is 2.26. The van der Waals surface area contributed by atoms with Gasteiger partial charge in [0.1, 0.15) is 0 Å². The Labute approximate surface area is 73.0 Å². The van der Waals surface area contributed by atoms with Crippen LogP contribution in [-0.2, 0) is 4.74 Å². The highest BCUT2D eigenvalue weighted by molar-refractivity contribution is 5.68. The highest BCUT2D eigenvalue weighted by Crippen LogP contribution is 2.15. The van der Waals surface area contributed by atoms with Crippen molar-refractivity contribution in [3.8, 4) is 0 Å². The molecule has 1 aliphatic heterocycles. The van der Waals surface area contributed by atoms with Gasteiger partial charge in [-0.05, 0) is 18.8 Å². The zero-order chi connectivity index (χ0) is 8.97. The summed E-state index contributed by atoms with van der Waals surface area (Å²) in [5.74, 6) is 0.594. The maximum Gasteiger partial charge on any atom is 0.414 e. The first-order valence-electron chi connectivity index (χ1n) is 4.30. The molecule has 68 valence electrons. The van der Waals surface area contributed by atoms with E-state index in [0.717, 1.165) is 19.5 Å². The molecule has 1 aliphatic rings. The second-order valence-electron chi connectivity index (χ2n) is 3.24. The van der Waals surface area contributed by atoms with E-state index in [1.165, 1.54) is 12.7 Å². The number of hydrogen-bond donors (Lipinski definition) is 0. The van der Waals surface area contributed by atoms with Crippen molar-refractivity contribution in [1.82, 2.24) is 4.90 Å². The van der Waals surface area contributed by atoms with Crippen LogP contribution in [0.4, 0.5) is 4.79 Å². The standard InChI is InChI=1S/C9H15NO2/c1-3-12-9(11)10-6-4-5-8(2)7-10/h3,8H,1,4-7H2,2H3. The Kier molecular flexibility index (Phi) is 3.14. The van der Waals surface area contributed by atoms with Gasteiger partial charge in [-0.3, -0.25) is 0 Å². The second-order valence-corrected chi connectivity index (χ2v) is 3.24. The van der Waals surface area contributed by atoms with Gasteiger partial charge >= 0.3 is 6.09 Å². The Morgan fingerprint density at radius 1 is 1.75 bits per heavy atom. The van der Waals surface area contributed by atoms with Crippen LogP contribution < -0.4 is 0 Å². The van der Waals surface area contributed by atoms with E-state index in [-0.39, 0.29) is 6.09 Å². The Bertz CT molecular complexity index is 179. The van der Waals surface area contributed by atoms with E-state index in [9.17, 15) is 4.79 Å². The second kappa shape index (κ2) is 4.14. The molecular weight excluding hydrogens is 154 g/mol. The van der Waals surface area contributed by atoms with Crippen molar-refractivity contribution in [2.45, 2.75) is 19.8 Å². The fraction of sp³-hybridized carbons (Fsp3) is 0.667. The first-order chi connectivity index (χ1) is 5.74. The summed E-state index contributed by atoms with van der Waals surface area (Å²) in [6.45, 7) is 7.12. The molecule has 0 aromatic rings. The molecule has 1 heterocycles. The first kappa shape index (κ1) is 9.10. The smallest absolute Gasteiger partial charge is 0.414 e. The number of likely N-dealkylation sites (tertiary alicyclic amines) is 1. The van der Waals surface area contributed by atoms with Gasteiger partial charge in [0.05, 0.1) is 6.26 Å². The number of carbonyl (C=O) groups excluding carboxylic acids is 1. The number of nitrogens with zero attached hydrogens (tertiary/aromatic N) is 1. The van der Waals surface area contributed by atoms with Gasteiger partial charge in [0.15, 0.2) is 0 Å². The van der Waals surface area contributed by atoms with E-state index >= 15 is 0 Å². The maximum atomic E-state index is 11.2. The summed E-state index contributed by atoms with van der Waals surface area (Å²) in [6, 6.07) is 0. The molecule has 12 heavy (non-hydrogen) atoms. The lowest BCUT2D eigenvalue weighted by Gasteiger charge is -2.29. The Morgan fingerprint density at radius 3 is 3.08 bits per heavy atom. The van der Waals surface area contributed by atoms with E-state index in [2.05, 4.69) is 18.2 Å². The number of rotatable bonds is 1. The Balaban J connectivity index is 2.39. The molecule has 3 nitrogen and oxygen atoms in total. The lowest BCUT2D eigenvalue weighted by Crippen LogP contribution is -2.38. The van der Waals surface area contributed by atoms with Crippen LogP contribution in [0.1, 0.15) is 19.8 Å². The number of piperidine rings is 1. The molecule has 0 bridgehead atoms. The quantitative estimate of drug-likeness (QED) is 0.562. The molecule has 0 aromatic heterocycles. The van der Waals surface area contributed by atoms with E-state index in [0.29, 0.717) is 5.92 Å². The number of ether oxygens (including phenoxy) is 1. The zero-order valence-corrected chi connectivity index (χ0v) is 7.45. The summed E-state index contributed by atoms with van der Waals surface area (Å²) in [6.07, 6.45) is 3.20. The number of carbonyl (C=O) groups is 1. The number of amides is 1. The Hall–Kier alpha value is -0.990. The highest BCUT2D eigenvalue weighted by Gasteiger charge is 2.21. The van der Waals surface area contributed by atoms with Crippen molar-refractivity contribution in [2.24, 2.45) is 5.92 Å². The van der Waals surface area contributed by atoms with Crippen molar-refractivity contribution >= 4 is 6.09 Å². The van der Waals surface area contributed by atoms with Crippen molar-refractivity contribution in [1.29, 1.82) is 0 Å². The van der Waals surface area contributed by atoms with Gasteiger partial charge in [0.2, 0.25) is 0 Å². The highest BCUT2D eigenvalue weighted by atomic mass is 16.5. The summed E-state index contributed by atoms with van der Waals surface area (Å²) in [5.41, 5.74) is 0. The molecular formula is C9H15NO2. The normalized spacial score (nSPS) is 23.4. The van der Waals surface area contributed by atoms with Crippen LogP contribution in [0.15, 0.2) is 12.8 Å². The third-order valence-corrected chi connectivity index (χ3v) is 2.10. The van der Waals surface area contributed by atoms with Gasteiger partial charge in [-0.25, -0.2) is 4.79 Å². The minimum atomic E-state index is -0.267. The van der Waals surface area contributed by atoms with Crippen molar-refractivity contribution in [3.63, 3.8) is 0 Å². The summed E-state index contributed by atoms with van der Waals surface area (Å²) < 4.78 is 4.68. The van der Waals surface area contributed by atoms with E-state index in [1.807, 2.05) is 0 Å². The van der Waals surface area contributed by atoms with Gasteiger partial charge in [-0.1, -0.05) is 13.5 Å². The largest absolute Gasteiger partial charge is 0.419 e. The van der Waals surface area contributed by atoms with Crippen LogP contribution in [0.3, 0.4) is 0 Å². The minimum Gasteiger partial charge on any atom is -0.419 e. The van der Waals surface area contributed by atoms with Crippen LogP contribution in [-0.4, -0.2) is 24.1 Å². The van der Waals surface area contributed by atoms with Crippen LogP contribution in [0.5, 0.6) is 0 Å². The van der Waals surface area contributed by atoms with Crippen LogP contribution in [0.25, 0.3) is 0 Å². The first-order valence-corrected chi connectivity index (χ1v) is 4.30. The van der Waals surface area contributed by atoms with Gasteiger partial charge < -0.3 is 9.64 Å². The molecule has 0 radical (unpaired) electrons. The lowest BCUT2D eigenvalue weighted by molar-refractivity contribution is 0.116. The topological polar surface area (TPSA) is 29.5 Å². The molecule has 1 amide bonds. The lowest BCUT2D eigenvalue weighted by atomic mass is 10.0. The van der Waals surface area contributed by atoms with Crippen molar-refractivity contribution in [3.05, 3.63) is 12.8 Å². The molecule has 0 N–H and O–H groups in total. The van der Waals surface area contributed by atoms with Crippen LogP contribution >= 0.6 is 0 Å². The van der Waals surface area contributed by atoms with Crippen LogP contribution in [0, 0.1) is 5.92 Å². The molecule has 0 saturated carbocycles. The van der Waals surface area contributed by atoms with Gasteiger partial charge in [0.25, 0.3) is 0 Å². The summed E-state index contributed by atoms with van der Waals surface area (Å²) >= 11 is 0. The van der Waals surface area contributed by atoms with Gasteiger partial charge in [-0.15, -0.1) is 0 Å². The fourth-order valence-corrected chi connectivity index (χ4v) is 1.50. The number of hydrogen-bond acceptors (Lipinski definition) is 2.